The van der Waals surface area contributed by atoms with E-state index in [9.17, 15) is 4.79 Å². The van der Waals surface area contributed by atoms with Gasteiger partial charge in [-0.05, 0) is 70.5 Å². The number of hydrogen-bond donors (Lipinski definition) is 0. The highest BCUT2D eigenvalue weighted by Gasteiger charge is 2.36. The van der Waals surface area contributed by atoms with E-state index in [1.165, 1.54) is 36.9 Å². The van der Waals surface area contributed by atoms with Gasteiger partial charge in [0, 0.05) is 50.5 Å². The number of likely N-dealkylation sites (N-methyl/N-ethyl adjacent to an activating group) is 2. The fraction of sp³-hybridized carbons (Fsp3) is 0.469. The lowest BCUT2D eigenvalue weighted by Gasteiger charge is -2.46. The van der Waals surface area contributed by atoms with Crippen molar-refractivity contribution in [2.75, 3.05) is 50.1 Å². The first kappa shape index (κ1) is 26.6. The van der Waals surface area contributed by atoms with Crippen LogP contribution in [0.1, 0.15) is 54.4 Å². The van der Waals surface area contributed by atoms with Gasteiger partial charge < -0.3 is 19.6 Å². The lowest BCUT2D eigenvalue weighted by molar-refractivity contribution is 0.0652. The molecule has 2 aliphatic heterocycles. The molecule has 1 amide bonds. The third-order valence-electron chi connectivity index (χ3n) is 9.09. The molecule has 6 rings (SSSR count). The molecule has 3 aliphatic rings. The second-order valence-electron chi connectivity index (χ2n) is 11.8. The Balaban J connectivity index is 1.47. The molecule has 40 heavy (non-hydrogen) atoms. The minimum absolute atomic E-state index is 0.104. The van der Waals surface area contributed by atoms with Gasteiger partial charge in [-0.2, -0.15) is 0 Å². The predicted octanol–water partition coefficient (Wildman–Crippen LogP) is 5.04. The molecule has 1 saturated carbocycles. The summed E-state index contributed by atoms with van der Waals surface area (Å²) in [7, 11) is 4.19. The summed E-state index contributed by atoms with van der Waals surface area (Å²) in [5, 5.41) is 4.85. The van der Waals surface area contributed by atoms with Crippen LogP contribution in [-0.2, 0) is 0 Å². The molecule has 3 heterocycles. The normalized spacial score (nSPS) is 20.4. The largest absolute Gasteiger partial charge is 0.359 e. The van der Waals surface area contributed by atoms with Crippen molar-refractivity contribution in [2.24, 2.45) is 0 Å². The molecule has 0 radical (unpaired) electrons. The predicted molar refractivity (Wildman–Crippen MR) is 161 cm³/mol. The summed E-state index contributed by atoms with van der Waals surface area (Å²) in [5.41, 5.74) is 7.66. The van der Waals surface area contributed by atoms with Crippen LogP contribution in [0.4, 0.5) is 11.4 Å². The number of aromatic nitrogens is 3. The minimum atomic E-state index is -0.104. The Hall–Kier alpha value is -3.65. The quantitative estimate of drug-likeness (QED) is 0.463. The van der Waals surface area contributed by atoms with Gasteiger partial charge in [-0.15, -0.1) is 5.10 Å². The van der Waals surface area contributed by atoms with Crippen molar-refractivity contribution in [3.05, 3.63) is 65.6 Å². The SMILES string of the molecule is C=C1[C@@H](C)N(C2CCCC2)c2cc(-c3nc(C(=O)N4CCN(C)CC4)nn3-c3ccc(C)cc3C)ccc2N1C. The topological polar surface area (TPSA) is 60.7 Å². The highest BCUT2D eigenvalue weighted by molar-refractivity contribution is 5.91. The van der Waals surface area contributed by atoms with Gasteiger partial charge in [0.2, 0.25) is 5.82 Å². The Morgan fingerprint density at radius 1 is 0.925 bits per heavy atom. The number of fused-ring (bicyclic) bond motifs is 1. The van der Waals surface area contributed by atoms with Crippen molar-refractivity contribution in [2.45, 2.75) is 58.5 Å². The first-order chi connectivity index (χ1) is 19.2. The molecule has 1 aromatic heterocycles. The third kappa shape index (κ3) is 4.58. The first-order valence-electron chi connectivity index (χ1n) is 14.6. The van der Waals surface area contributed by atoms with E-state index in [2.05, 4.69) is 92.5 Å². The van der Waals surface area contributed by atoms with Crippen molar-refractivity contribution in [1.29, 1.82) is 0 Å². The molecule has 0 N–H and O–H groups in total. The lowest BCUT2D eigenvalue weighted by Crippen LogP contribution is -2.48. The molecule has 8 nitrogen and oxygen atoms in total. The van der Waals surface area contributed by atoms with Gasteiger partial charge in [0.15, 0.2) is 5.82 Å². The van der Waals surface area contributed by atoms with E-state index in [0.717, 1.165) is 41.3 Å². The van der Waals surface area contributed by atoms with E-state index in [1.807, 2.05) is 9.58 Å². The standard InChI is InChI=1S/C32H41N7O/c1-21-11-13-27(22(2)19-21)39-31(33-30(34-39)32(40)37-17-15-35(5)16-18-37)25-12-14-28-29(20-25)38(26-9-7-8-10-26)24(4)23(3)36(28)6/h11-14,19-20,24,26H,3,7-10,15-18H2,1-2,4-6H3/t24-/m1/s1. The number of carbonyl (C=O) groups is 1. The number of rotatable bonds is 4. The summed E-state index contributed by atoms with van der Waals surface area (Å²) >= 11 is 0. The Morgan fingerprint density at radius 2 is 1.62 bits per heavy atom. The Morgan fingerprint density at radius 3 is 2.33 bits per heavy atom. The highest BCUT2D eigenvalue weighted by atomic mass is 16.2. The van der Waals surface area contributed by atoms with Crippen molar-refractivity contribution in [3.8, 4) is 17.1 Å². The number of amides is 1. The summed E-state index contributed by atoms with van der Waals surface area (Å²) < 4.78 is 1.87. The average molecular weight is 540 g/mol. The van der Waals surface area contributed by atoms with Gasteiger partial charge >= 0.3 is 0 Å². The number of aryl methyl sites for hydroxylation is 2. The molecule has 1 atom stereocenters. The van der Waals surface area contributed by atoms with Crippen LogP contribution >= 0.6 is 0 Å². The Bertz CT molecular complexity index is 1450. The van der Waals surface area contributed by atoms with Crippen LogP contribution in [0.2, 0.25) is 0 Å². The van der Waals surface area contributed by atoms with E-state index < -0.39 is 0 Å². The monoisotopic (exact) mass is 539 g/mol. The zero-order valence-electron chi connectivity index (χ0n) is 24.5. The fourth-order valence-electron chi connectivity index (χ4n) is 6.60. The third-order valence-corrected chi connectivity index (χ3v) is 9.09. The minimum Gasteiger partial charge on any atom is -0.359 e. The summed E-state index contributed by atoms with van der Waals surface area (Å²) in [5.74, 6) is 0.843. The van der Waals surface area contributed by atoms with E-state index >= 15 is 0 Å². The van der Waals surface area contributed by atoms with Crippen LogP contribution in [0.5, 0.6) is 0 Å². The molecular formula is C32H41N7O. The maximum Gasteiger partial charge on any atom is 0.293 e. The second-order valence-corrected chi connectivity index (χ2v) is 11.8. The second kappa shape index (κ2) is 10.4. The number of anilines is 2. The van der Waals surface area contributed by atoms with Crippen molar-refractivity contribution in [3.63, 3.8) is 0 Å². The zero-order chi connectivity index (χ0) is 28.1. The molecule has 0 unspecified atom stereocenters. The molecule has 0 bridgehead atoms. The summed E-state index contributed by atoms with van der Waals surface area (Å²) in [4.78, 5) is 27.4. The van der Waals surface area contributed by atoms with Gasteiger partial charge in [-0.25, -0.2) is 9.67 Å². The Kier molecular flexibility index (Phi) is 6.90. The smallest absolute Gasteiger partial charge is 0.293 e. The number of nitrogens with zero attached hydrogens (tertiary/aromatic N) is 7. The number of carbonyl (C=O) groups excluding carboxylic acids is 1. The lowest BCUT2D eigenvalue weighted by atomic mass is 9.99. The van der Waals surface area contributed by atoms with Crippen LogP contribution in [0.3, 0.4) is 0 Å². The van der Waals surface area contributed by atoms with Crippen LogP contribution < -0.4 is 9.80 Å². The first-order valence-corrected chi connectivity index (χ1v) is 14.6. The van der Waals surface area contributed by atoms with E-state index in [-0.39, 0.29) is 17.8 Å². The van der Waals surface area contributed by atoms with Crippen LogP contribution in [0.25, 0.3) is 17.1 Å². The maximum absolute atomic E-state index is 13.6. The zero-order valence-corrected chi connectivity index (χ0v) is 24.5. The van der Waals surface area contributed by atoms with Crippen LogP contribution in [-0.4, -0.2) is 82.8 Å². The van der Waals surface area contributed by atoms with Crippen molar-refractivity contribution >= 4 is 17.3 Å². The van der Waals surface area contributed by atoms with Gasteiger partial charge in [0.05, 0.1) is 23.1 Å². The molecule has 3 aromatic rings. The molecule has 1 aliphatic carbocycles. The average Bonchev–Trinajstić information content (AvgIpc) is 3.63. The Labute approximate surface area is 237 Å². The molecule has 1 saturated heterocycles. The number of hydrogen-bond acceptors (Lipinski definition) is 6. The molecule has 8 heteroatoms. The highest BCUT2D eigenvalue weighted by Crippen LogP contribution is 2.44. The fourth-order valence-corrected chi connectivity index (χ4v) is 6.60. The summed E-state index contributed by atoms with van der Waals surface area (Å²) in [6, 6.07) is 13.6. The number of benzene rings is 2. The van der Waals surface area contributed by atoms with Gasteiger partial charge in [0.25, 0.3) is 5.91 Å². The van der Waals surface area contributed by atoms with Crippen LogP contribution in [0, 0.1) is 13.8 Å². The van der Waals surface area contributed by atoms with Gasteiger partial charge in [-0.1, -0.05) is 37.1 Å². The molecule has 0 spiro atoms. The van der Waals surface area contributed by atoms with E-state index in [1.54, 1.807) is 0 Å². The summed E-state index contributed by atoms with van der Waals surface area (Å²) in [6.45, 7) is 14.0. The molecule has 210 valence electrons. The summed E-state index contributed by atoms with van der Waals surface area (Å²) in [6.07, 6.45) is 4.94. The van der Waals surface area contributed by atoms with E-state index in [0.29, 0.717) is 25.0 Å². The molecular weight excluding hydrogens is 498 g/mol. The molecule has 2 aromatic carbocycles. The van der Waals surface area contributed by atoms with Gasteiger partial charge in [-0.3, -0.25) is 4.79 Å². The van der Waals surface area contributed by atoms with Crippen LogP contribution in [0.15, 0.2) is 48.7 Å². The van der Waals surface area contributed by atoms with E-state index in [4.69, 9.17) is 10.1 Å². The maximum atomic E-state index is 13.6. The van der Waals surface area contributed by atoms with Crippen molar-refractivity contribution < 1.29 is 4.79 Å². The number of piperazine rings is 1. The van der Waals surface area contributed by atoms with Gasteiger partial charge in [0.1, 0.15) is 0 Å². The molecule has 2 fully saturated rings. The van der Waals surface area contributed by atoms with Crippen molar-refractivity contribution in [1.82, 2.24) is 24.6 Å².